The maximum absolute atomic E-state index is 5.89. The largest absolute Gasteiger partial charge is 0.314 e. The first-order valence-corrected chi connectivity index (χ1v) is 6.43. The van der Waals surface area contributed by atoms with Gasteiger partial charge in [-0.05, 0) is 37.9 Å². The molecule has 0 aliphatic rings. The molecular formula is C11H18ClNS. The second-order valence-corrected chi connectivity index (χ2v) is 5.27. The van der Waals surface area contributed by atoms with E-state index < -0.39 is 0 Å². The minimum atomic E-state index is 0.602. The summed E-state index contributed by atoms with van der Waals surface area (Å²) in [6.07, 6.45) is 3.48. The van der Waals surface area contributed by atoms with Crippen molar-refractivity contribution in [3.8, 4) is 0 Å². The van der Waals surface area contributed by atoms with Gasteiger partial charge in [-0.25, -0.2) is 0 Å². The molecule has 0 fully saturated rings. The van der Waals surface area contributed by atoms with Crippen LogP contribution in [-0.2, 0) is 6.42 Å². The second kappa shape index (κ2) is 6.44. The van der Waals surface area contributed by atoms with Gasteiger partial charge in [-0.1, -0.05) is 25.4 Å². The standard InChI is InChI=1S/C11H18ClNS/c1-3-7-13-9(4-2)8-10-5-6-11(12)14-10/h5-6,9,13H,3-4,7-8H2,1-2H3. The Hall–Kier alpha value is -0.0500. The van der Waals surface area contributed by atoms with Crippen LogP contribution in [0.4, 0.5) is 0 Å². The molecule has 1 nitrogen and oxygen atoms in total. The van der Waals surface area contributed by atoms with Crippen molar-refractivity contribution in [3.05, 3.63) is 21.3 Å². The van der Waals surface area contributed by atoms with E-state index in [1.807, 2.05) is 6.07 Å². The SMILES string of the molecule is CCCNC(CC)Cc1ccc(Cl)s1. The van der Waals surface area contributed by atoms with Crippen molar-refractivity contribution in [2.45, 2.75) is 39.2 Å². The maximum Gasteiger partial charge on any atom is 0.0931 e. The van der Waals surface area contributed by atoms with Crippen LogP contribution in [-0.4, -0.2) is 12.6 Å². The average Bonchev–Trinajstić information content (AvgIpc) is 2.58. The molecule has 1 rings (SSSR count). The maximum atomic E-state index is 5.89. The van der Waals surface area contributed by atoms with Gasteiger partial charge < -0.3 is 5.32 Å². The lowest BCUT2D eigenvalue weighted by atomic mass is 10.1. The van der Waals surface area contributed by atoms with Gasteiger partial charge in [0.05, 0.1) is 4.34 Å². The zero-order chi connectivity index (χ0) is 10.4. The van der Waals surface area contributed by atoms with E-state index in [-0.39, 0.29) is 0 Å². The van der Waals surface area contributed by atoms with Gasteiger partial charge in [0.1, 0.15) is 0 Å². The van der Waals surface area contributed by atoms with Gasteiger partial charge in [-0.3, -0.25) is 0 Å². The minimum absolute atomic E-state index is 0.602. The number of hydrogen-bond donors (Lipinski definition) is 1. The lowest BCUT2D eigenvalue weighted by Gasteiger charge is -2.15. The topological polar surface area (TPSA) is 12.0 Å². The van der Waals surface area contributed by atoms with Crippen LogP contribution in [0.5, 0.6) is 0 Å². The highest BCUT2D eigenvalue weighted by molar-refractivity contribution is 7.16. The van der Waals surface area contributed by atoms with Gasteiger partial charge in [0, 0.05) is 10.9 Å². The Bertz CT molecular complexity index is 260. The van der Waals surface area contributed by atoms with E-state index in [0.717, 1.165) is 17.3 Å². The summed E-state index contributed by atoms with van der Waals surface area (Å²) in [6.45, 7) is 5.53. The number of nitrogens with one attached hydrogen (secondary N) is 1. The Morgan fingerprint density at radius 1 is 1.43 bits per heavy atom. The lowest BCUT2D eigenvalue weighted by Crippen LogP contribution is -2.30. The molecule has 1 aromatic heterocycles. The van der Waals surface area contributed by atoms with E-state index >= 15 is 0 Å². The summed E-state index contributed by atoms with van der Waals surface area (Å²) in [5.41, 5.74) is 0. The molecular weight excluding hydrogens is 214 g/mol. The number of rotatable bonds is 6. The van der Waals surface area contributed by atoms with Crippen LogP contribution in [0.3, 0.4) is 0 Å². The lowest BCUT2D eigenvalue weighted by molar-refractivity contribution is 0.497. The number of halogens is 1. The first-order valence-electron chi connectivity index (χ1n) is 5.23. The van der Waals surface area contributed by atoms with Gasteiger partial charge >= 0.3 is 0 Å². The molecule has 0 bridgehead atoms. The molecule has 0 radical (unpaired) electrons. The molecule has 0 saturated heterocycles. The molecule has 0 spiro atoms. The van der Waals surface area contributed by atoms with E-state index in [4.69, 9.17) is 11.6 Å². The van der Waals surface area contributed by atoms with Crippen molar-refractivity contribution in [1.29, 1.82) is 0 Å². The molecule has 1 atom stereocenters. The summed E-state index contributed by atoms with van der Waals surface area (Å²) in [5.74, 6) is 0. The third-order valence-electron chi connectivity index (χ3n) is 2.25. The molecule has 3 heteroatoms. The summed E-state index contributed by atoms with van der Waals surface area (Å²) in [5, 5.41) is 3.54. The van der Waals surface area contributed by atoms with Crippen molar-refractivity contribution in [2.75, 3.05) is 6.54 Å². The van der Waals surface area contributed by atoms with Gasteiger partial charge in [0.15, 0.2) is 0 Å². The summed E-state index contributed by atoms with van der Waals surface area (Å²) in [7, 11) is 0. The fourth-order valence-electron chi connectivity index (χ4n) is 1.41. The summed E-state index contributed by atoms with van der Waals surface area (Å²) in [6, 6.07) is 4.71. The molecule has 80 valence electrons. The van der Waals surface area contributed by atoms with Crippen LogP contribution in [0, 0.1) is 0 Å². The van der Waals surface area contributed by atoms with E-state index in [2.05, 4.69) is 25.2 Å². The average molecular weight is 232 g/mol. The normalized spacial score (nSPS) is 13.1. The van der Waals surface area contributed by atoms with E-state index in [0.29, 0.717) is 6.04 Å². The van der Waals surface area contributed by atoms with Crippen LogP contribution >= 0.6 is 22.9 Å². The van der Waals surface area contributed by atoms with Crippen molar-refractivity contribution in [1.82, 2.24) is 5.32 Å². The van der Waals surface area contributed by atoms with Crippen molar-refractivity contribution < 1.29 is 0 Å². The van der Waals surface area contributed by atoms with Crippen molar-refractivity contribution >= 4 is 22.9 Å². The molecule has 0 amide bonds. The van der Waals surface area contributed by atoms with E-state index in [9.17, 15) is 0 Å². The summed E-state index contributed by atoms with van der Waals surface area (Å²) < 4.78 is 0.894. The molecule has 1 aromatic rings. The molecule has 1 N–H and O–H groups in total. The van der Waals surface area contributed by atoms with Crippen LogP contribution in [0.25, 0.3) is 0 Å². The van der Waals surface area contributed by atoms with Crippen LogP contribution < -0.4 is 5.32 Å². The monoisotopic (exact) mass is 231 g/mol. The first kappa shape index (κ1) is 12.0. The van der Waals surface area contributed by atoms with Crippen molar-refractivity contribution in [3.63, 3.8) is 0 Å². The Morgan fingerprint density at radius 3 is 2.71 bits per heavy atom. The molecule has 0 aliphatic carbocycles. The Kier molecular flexibility index (Phi) is 5.53. The third-order valence-corrected chi connectivity index (χ3v) is 3.51. The highest BCUT2D eigenvalue weighted by Crippen LogP contribution is 2.22. The molecule has 0 saturated carbocycles. The first-order chi connectivity index (χ1) is 6.76. The Morgan fingerprint density at radius 2 is 2.21 bits per heavy atom. The second-order valence-electron chi connectivity index (χ2n) is 3.47. The summed E-state index contributed by atoms with van der Waals surface area (Å²) in [4.78, 5) is 1.38. The van der Waals surface area contributed by atoms with Gasteiger partial charge in [-0.15, -0.1) is 11.3 Å². The molecule has 1 heterocycles. The van der Waals surface area contributed by atoms with Gasteiger partial charge in [0.2, 0.25) is 0 Å². The molecule has 14 heavy (non-hydrogen) atoms. The number of hydrogen-bond acceptors (Lipinski definition) is 2. The van der Waals surface area contributed by atoms with Crippen LogP contribution in [0.2, 0.25) is 4.34 Å². The predicted molar refractivity (Wildman–Crippen MR) is 65.4 cm³/mol. The quantitative estimate of drug-likeness (QED) is 0.787. The Labute approximate surface area is 95.5 Å². The Balaban J connectivity index is 2.40. The molecule has 0 aromatic carbocycles. The van der Waals surface area contributed by atoms with Crippen LogP contribution in [0.15, 0.2) is 12.1 Å². The zero-order valence-corrected chi connectivity index (χ0v) is 10.4. The molecule has 1 unspecified atom stereocenters. The zero-order valence-electron chi connectivity index (χ0n) is 8.85. The van der Waals surface area contributed by atoms with Crippen molar-refractivity contribution in [2.24, 2.45) is 0 Å². The fourth-order valence-corrected chi connectivity index (χ4v) is 2.58. The predicted octanol–water partition coefficient (Wildman–Crippen LogP) is 3.72. The molecule has 0 aliphatic heterocycles. The fraction of sp³-hybridized carbons (Fsp3) is 0.636. The third kappa shape index (κ3) is 3.99. The highest BCUT2D eigenvalue weighted by Gasteiger charge is 2.07. The highest BCUT2D eigenvalue weighted by atomic mass is 35.5. The van der Waals surface area contributed by atoms with Crippen LogP contribution in [0.1, 0.15) is 31.6 Å². The van der Waals surface area contributed by atoms with E-state index in [1.54, 1.807) is 11.3 Å². The minimum Gasteiger partial charge on any atom is -0.314 e. The van der Waals surface area contributed by atoms with E-state index in [1.165, 1.54) is 17.7 Å². The summed E-state index contributed by atoms with van der Waals surface area (Å²) >= 11 is 7.58. The van der Waals surface area contributed by atoms with Gasteiger partial charge in [-0.2, -0.15) is 0 Å². The van der Waals surface area contributed by atoms with Gasteiger partial charge in [0.25, 0.3) is 0 Å². The number of thiophene rings is 1. The smallest absolute Gasteiger partial charge is 0.0931 e.